The Balaban J connectivity index is 1.35. The SMILES string of the molecule is CC(C)Nc1cncc(-c2ccc3cnc(NC(=O)c4ccnc(N5CCN(C)CC5)c4)cc3n2)n1. The van der Waals surface area contributed by atoms with Crippen molar-refractivity contribution in [3.05, 3.63) is 60.7 Å². The number of hydrogen-bond acceptors (Lipinski definition) is 9. The van der Waals surface area contributed by atoms with E-state index in [-0.39, 0.29) is 11.9 Å². The van der Waals surface area contributed by atoms with Crippen molar-refractivity contribution in [2.75, 3.05) is 48.8 Å². The summed E-state index contributed by atoms with van der Waals surface area (Å²) in [5.74, 6) is 1.69. The van der Waals surface area contributed by atoms with Gasteiger partial charge >= 0.3 is 0 Å². The van der Waals surface area contributed by atoms with Crippen LogP contribution in [-0.4, -0.2) is 75.0 Å². The van der Waals surface area contributed by atoms with E-state index in [1.54, 1.807) is 36.9 Å². The molecule has 5 rings (SSSR count). The van der Waals surface area contributed by atoms with E-state index in [1.807, 2.05) is 32.0 Å². The number of carbonyl (C=O) groups excluding carboxylic acids is 1. The van der Waals surface area contributed by atoms with Crippen LogP contribution in [0.2, 0.25) is 0 Å². The third-order valence-electron chi connectivity index (χ3n) is 5.98. The summed E-state index contributed by atoms with van der Waals surface area (Å²) in [5, 5.41) is 7.01. The van der Waals surface area contributed by atoms with Gasteiger partial charge in [0.2, 0.25) is 0 Å². The molecule has 0 radical (unpaired) electrons. The molecule has 1 fully saturated rings. The van der Waals surface area contributed by atoms with Gasteiger partial charge in [0, 0.05) is 61.6 Å². The predicted octanol–water partition coefficient (Wildman–Crippen LogP) is 3.31. The molecule has 0 unspecified atom stereocenters. The minimum Gasteiger partial charge on any atom is -0.367 e. The number of amides is 1. The normalized spacial score (nSPS) is 14.3. The number of hydrogen-bond donors (Lipinski definition) is 2. The number of carbonyl (C=O) groups is 1. The van der Waals surface area contributed by atoms with Crippen LogP contribution in [0.4, 0.5) is 17.5 Å². The third-order valence-corrected chi connectivity index (χ3v) is 5.98. The van der Waals surface area contributed by atoms with Gasteiger partial charge in [-0.15, -0.1) is 0 Å². The molecule has 10 heteroatoms. The number of piperazine rings is 1. The topological polar surface area (TPSA) is 112 Å². The number of rotatable bonds is 6. The minimum absolute atomic E-state index is 0.242. The van der Waals surface area contributed by atoms with Crippen LogP contribution in [0.3, 0.4) is 0 Å². The summed E-state index contributed by atoms with van der Waals surface area (Å²) in [6.07, 6.45) is 6.75. The number of likely N-dealkylation sites (N-methyl/N-ethyl adjacent to an activating group) is 1. The van der Waals surface area contributed by atoms with E-state index in [0.717, 1.165) is 37.4 Å². The Morgan fingerprint density at radius 1 is 0.917 bits per heavy atom. The number of anilines is 3. The minimum atomic E-state index is -0.242. The summed E-state index contributed by atoms with van der Waals surface area (Å²) in [7, 11) is 2.11. The van der Waals surface area contributed by atoms with Crippen molar-refractivity contribution in [3.63, 3.8) is 0 Å². The van der Waals surface area contributed by atoms with Gasteiger partial charge in [0.15, 0.2) is 0 Å². The van der Waals surface area contributed by atoms with Crippen molar-refractivity contribution in [1.29, 1.82) is 0 Å². The molecule has 0 atom stereocenters. The van der Waals surface area contributed by atoms with Crippen molar-refractivity contribution >= 4 is 34.3 Å². The van der Waals surface area contributed by atoms with Gasteiger partial charge in [0.1, 0.15) is 23.1 Å². The van der Waals surface area contributed by atoms with Crippen LogP contribution in [0, 0.1) is 0 Å². The highest BCUT2D eigenvalue weighted by atomic mass is 16.1. The van der Waals surface area contributed by atoms with Gasteiger partial charge in [0.05, 0.1) is 23.6 Å². The summed E-state index contributed by atoms with van der Waals surface area (Å²) in [5.41, 5.74) is 2.59. The molecule has 4 aromatic heterocycles. The third kappa shape index (κ3) is 5.38. The Kier molecular flexibility index (Phi) is 6.68. The molecule has 4 aromatic rings. The van der Waals surface area contributed by atoms with Gasteiger partial charge in [-0.1, -0.05) is 0 Å². The van der Waals surface area contributed by atoms with Crippen LogP contribution in [0.25, 0.3) is 22.3 Å². The first kappa shape index (κ1) is 23.6. The van der Waals surface area contributed by atoms with Gasteiger partial charge in [-0.3, -0.25) is 9.78 Å². The predicted molar refractivity (Wildman–Crippen MR) is 141 cm³/mol. The molecule has 184 valence electrons. The van der Waals surface area contributed by atoms with Crippen molar-refractivity contribution in [1.82, 2.24) is 29.8 Å². The average Bonchev–Trinajstić information content (AvgIpc) is 2.88. The quantitative estimate of drug-likeness (QED) is 0.426. The number of aromatic nitrogens is 5. The smallest absolute Gasteiger partial charge is 0.257 e. The second-order valence-electron chi connectivity index (χ2n) is 9.19. The molecule has 1 aliphatic rings. The zero-order valence-corrected chi connectivity index (χ0v) is 20.6. The molecule has 0 aliphatic carbocycles. The fourth-order valence-corrected chi connectivity index (χ4v) is 4.04. The second kappa shape index (κ2) is 10.2. The molecule has 2 N–H and O–H groups in total. The number of nitrogens with zero attached hydrogens (tertiary/aromatic N) is 7. The van der Waals surface area contributed by atoms with Crippen molar-refractivity contribution in [3.8, 4) is 11.4 Å². The Morgan fingerprint density at radius 2 is 1.75 bits per heavy atom. The van der Waals surface area contributed by atoms with Gasteiger partial charge in [-0.2, -0.15) is 0 Å². The Hall–Kier alpha value is -4.18. The van der Waals surface area contributed by atoms with Gasteiger partial charge in [-0.05, 0) is 45.2 Å². The molecular formula is C26H29N9O. The van der Waals surface area contributed by atoms with E-state index < -0.39 is 0 Å². The van der Waals surface area contributed by atoms with Crippen molar-refractivity contribution < 1.29 is 4.79 Å². The summed E-state index contributed by atoms with van der Waals surface area (Å²) >= 11 is 0. The first-order chi connectivity index (χ1) is 17.4. The van der Waals surface area contributed by atoms with Gasteiger partial charge in [0.25, 0.3) is 5.91 Å². The van der Waals surface area contributed by atoms with Crippen molar-refractivity contribution in [2.45, 2.75) is 19.9 Å². The lowest BCUT2D eigenvalue weighted by molar-refractivity contribution is 0.102. The number of nitrogens with one attached hydrogen (secondary N) is 2. The van der Waals surface area contributed by atoms with Crippen LogP contribution in [-0.2, 0) is 0 Å². The average molecular weight is 484 g/mol. The lowest BCUT2D eigenvalue weighted by Gasteiger charge is -2.33. The highest BCUT2D eigenvalue weighted by Crippen LogP contribution is 2.22. The zero-order chi connectivity index (χ0) is 25.1. The molecule has 0 spiro atoms. The van der Waals surface area contributed by atoms with Gasteiger partial charge in [-0.25, -0.2) is 19.9 Å². The van der Waals surface area contributed by atoms with Crippen LogP contribution >= 0.6 is 0 Å². The monoisotopic (exact) mass is 483 g/mol. The lowest BCUT2D eigenvalue weighted by Crippen LogP contribution is -2.44. The van der Waals surface area contributed by atoms with Crippen LogP contribution in [0.5, 0.6) is 0 Å². The highest BCUT2D eigenvalue weighted by Gasteiger charge is 2.17. The van der Waals surface area contributed by atoms with E-state index in [4.69, 9.17) is 4.98 Å². The summed E-state index contributed by atoms with van der Waals surface area (Å²) in [6.45, 7) is 7.80. The van der Waals surface area contributed by atoms with E-state index >= 15 is 0 Å². The first-order valence-electron chi connectivity index (χ1n) is 12.0. The summed E-state index contributed by atoms with van der Waals surface area (Å²) in [4.78, 5) is 40.0. The van der Waals surface area contributed by atoms with E-state index in [0.29, 0.717) is 34.1 Å². The van der Waals surface area contributed by atoms with E-state index in [2.05, 4.69) is 47.4 Å². The Bertz CT molecular complexity index is 1380. The molecular weight excluding hydrogens is 454 g/mol. The molecule has 0 aromatic carbocycles. The molecule has 1 amide bonds. The highest BCUT2D eigenvalue weighted by molar-refractivity contribution is 6.04. The number of pyridine rings is 3. The Labute approximate surface area is 209 Å². The molecule has 1 saturated heterocycles. The lowest BCUT2D eigenvalue weighted by atomic mass is 10.2. The fraction of sp³-hybridized carbons (Fsp3) is 0.308. The van der Waals surface area contributed by atoms with Crippen LogP contribution in [0.1, 0.15) is 24.2 Å². The second-order valence-corrected chi connectivity index (χ2v) is 9.19. The summed E-state index contributed by atoms with van der Waals surface area (Å²) in [6, 6.07) is 9.38. The Morgan fingerprint density at radius 3 is 2.56 bits per heavy atom. The maximum atomic E-state index is 13.0. The molecule has 36 heavy (non-hydrogen) atoms. The zero-order valence-electron chi connectivity index (χ0n) is 20.6. The van der Waals surface area contributed by atoms with E-state index in [9.17, 15) is 4.79 Å². The van der Waals surface area contributed by atoms with E-state index in [1.165, 1.54) is 0 Å². The summed E-state index contributed by atoms with van der Waals surface area (Å²) < 4.78 is 0. The maximum Gasteiger partial charge on any atom is 0.257 e. The number of fused-ring (bicyclic) bond motifs is 1. The molecule has 5 heterocycles. The standard InChI is InChI=1S/C26H29N9O/c1-17(2)30-24-16-27-15-22(32-24)20-5-4-19-14-29-23(13-21(19)31-20)33-26(36)18-6-7-28-25(12-18)35-10-8-34(3)9-11-35/h4-7,12-17H,8-11H2,1-3H3,(H,30,32)(H,29,33,36). The fourth-order valence-electron chi connectivity index (χ4n) is 4.04. The molecule has 10 nitrogen and oxygen atoms in total. The maximum absolute atomic E-state index is 13.0. The van der Waals surface area contributed by atoms with Crippen molar-refractivity contribution in [2.24, 2.45) is 0 Å². The van der Waals surface area contributed by atoms with Crippen LogP contribution in [0.15, 0.2) is 55.1 Å². The largest absolute Gasteiger partial charge is 0.367 e. The molecule has 1 aliphatic heterocycles. The molecule has 0 bridgehead atoms. The molecule has 0 saturated carbocycles. The van der Waals surface area contributed by atoms with Crippen LogP contribution < -0.4 is 15.5 Å². The van der Waals surface area contributed by atoms with Gasteiger partial charge < -0.3 is 20.4 Å². The first-order valence-corrected chi connectivity index (χ1v) is 12.0.